The maximum absolute atomic E-state index is 12.4. The van der Waals surface area contributed by atoms with Gasteiger partial charge in [0.2, 0.25) is 11.8 Å². The van der Waals surface area contributed by atoms with Gasteiger partial charge in [-0.2, -0.15) is 0 Å². The summed E-state index contributed by atoms with van der Waals surface area (Å²) < 4.78 is 0. The fourth-order valence-corrected chi connectivity index (χ4v) is 2.90. The molecule has 0 saturated heterocycles. The van der Waals surface area contributed by atoms with Crippen LogP contribution in [0.15, 0.2) is 66.4 Å². The van der Waals surface area contributed by atoms with Crippen molar-refractivity contribution in [1.29, 1.82) is 0 Å². The third-order valence-electron chi connectivity index (χ3n) is 4.32. The molecule has 3 N–H and O–H groups in total. The molecule has 138 valence electrons. The van der Waals surface area contributed by atoms with E-state index in [4.69, 9.17) is 0 Å². The zero-order valence-corrected chi connectivity index (χ0v) is 14.9. The summed E-state index contributed by atoms with van der Waals surface area (Å²) in [5.74, 6) is -1.17. The van der Waals surface area contributed by atoms with E-state index in [1.54, 1.807) is 6.08 Å². The van der Waals surface area contributed by atoms with Crippen LogP contribution in [0.3, 0.4) is 0 Å². The smallest absolute Gasteiger partial charge is 0.286 e. The molecule has 6 nitrogen and oxygen atoms in total. The average molecular weight is 363 g/mol. The molecule has 2 atom stereocenters. The van der Waals surface area contributed by atoms with Gasteiger partial charge < -0.3 is 5.32 Å². The first-order chi connectivity index (χ1) is 13.0. The van der Waals surface area contributed by atoms with E-state index in [1.807, 2.05) is 60.7 Å². The van der Waals surface area contributed by atoms with Crippen LogP contribution in [0.5, 0.6) is 0 Å². The molecule has 0 aromatic heterocycles. The molecule has 27 heavy (non-hydrogen) atoms. The lowest BCUT2D eigenvalue weighted by atomic mass is 10.1. The standard InChI is InChI=1S/C21H21N3O3/c1-14(25)22-19(12-15-8-4-2-5-9-15)21(27)24-23-20(26)18-13-17(18)16-10-6-3-7-11-16/h2-12,17-18H,13H2,1H3,(H,22,25)(H,23,26)(H,24,27)/b19-12-/t17-,18+/m1/s1. The molecule has 0 spiro atoms. The van der Waals surface area contributed by atoms with E-state index >= 15 is 0 Å². The van der Waals surface area contributed by atoms with E-state index < -0.39 is 5.91 Å². The number of benzene rings is 2. The van der Waals surface area contributed by atoms with Gasteiger partial charge in [0.1, 0.15) is 5.70 Å². The Bertz CT molecular complexity index is 863. The third-order valence-corrected chi connectivity index (χ3v) is 4.32. The molecule has 3 amide bonds. The normalized spacial score (nSPS) is 18.3. The van der Waals surface area contributed by atoms with Gasteiger partial charge in [-0.05, 0) is 29.5 Å². The first kappa shape index (κ1) is 18.4. The summed E-state index contributed by atoms with van der Waals surface area (Å²) in [5.41, 5.74) is 6.77. The van der Waals surface area contributed by atoms with E-state index in [9.17, 15) is 14.4 Å². The van der Waals surface area contributed by atoms with Gasteiger partial charge in [0.25, 0.3) is 5.91 Å². The van der Waals surface area contributed by atoms with E-state index in [2.05, 4.69) is 16.2 Å². The number of carbonyl (C=O) groups excluding carboxylic acids is 3. The van der Waals surface area contributed by atoms with Crippen molar-refractivity contribution in [3.63, 3.8) is 0 Å². The van der Waals surface area contributed by atoms with Gasteiger partial charge in [-0.3, -0.25) is 25.2 Å². The minimum atomic E-state index is -0.584. The van der Waals surface area contributed by atoms with Gasteiger partial charge in [0, 0.05) is 12.8 Å². The van der Waals surface area contributed by atoms with Crippen molar-refractivity contribution in [1.82, 2.24) is 16.2 Å². The minimum absolute atomic E-state index is 0.0596. The van der Waals surface area contributed by atoms with Crippen molar-refractivity contribution < 1.29 is 14.4 Å². The Kier molecular flexibility index (Phi) is 5.66. The highest BCUT2D eigenvalue weighted by Crippen LogP contribution is 2.47. The van der Waals surface area contributed by atoms with E-state index in [-0.39, 0.29) is 29.3 Å². The highest BCUT2D eigenvalue weighted by Gasteiger charge is 2.44. The second-order valence-electron chi connectivity index (χ2n) is 6.45. The number of hydrogen-bond donors (Lipinski definition) is 3. The van der Waals surface area contributed by atoms with E-state index in [1.165, 1.54) is 6.92 Å². The number of hydrazine groups is 1. The molecule has 2 aromatic rings. The van der Waals surface area contributed by atoms with Crippen LogP contribution in [0.2, 0.25) is 0 Å². The van der Waals surface area contributed by atoms with Gasteiger partial charge in [0.15, 0.2) is 0 Å². The summed E-state index contributed by atoms with van der Waals surface area (Å²) in [4.78, 5) is 36.0. The highest BCUT2D eigenvalue weighted by molar-refractivity contribution is 6.01. The molecular formula is C21H21N3O3. The molecule has 0 heterocycles. The summed E-state index contributed by atoms with van der Waals surface area (Å²) >= 11 is 0. The van der Waals surface area contributed by atoms with Gasteiger partial charge in [-0.1, -0.05) is 60.7 Å². The summed E-state index contributed by atoms with van der Waals surface area (Å²) in [5, 5.41) is 2.49. The second-order valence-corrected chi connectivity index (χ2v) is 6.45. The van der Waals surface area contributed by atoms with Crippen molar-refractivity contribution in [3.05, 3.63) is 77.5 Å². The van der Waals surface area contributed by atoms with Gasteiger partial charge in [-0.15, -0.1) is 0 Å². The predicted octanol–water partition coefficient (Wildman–Crippen LogP) is 2.11. The van der Waals surface area contributed by atoms with Crippen molar-refractivity contribution >= 4 is 23.8 Å². The Morgan fingerprint density at radius 2 is 1.56 bits per heavy atom. The summed E-state index contributed by atoms with van der Waals surface area (Å²) in [6, 6.07) is 18.9. The van der Waals surface area contributed by atoms with Crippen molar-refractivity contribution in [2.45, 2.75) is 19.3 Å². The van der Waals surface area contributed by atoms with Crippen LogP contribution in [-0.4, -0.2) is 17.7 Å². The van der Waals surface area contributed by atoms with Crippen LogP contribution in [0, 0.1) is 5.92 Å². The Hall–Kier alpha value is -3.41. The lowest BCUT2D eigenvalue weighted by molar-refractivity contribution is -0.128. The van der Waals surface area contributed by atoms with Crippen molar-refractivity contribution in [3.8, 4) is 0 Å². The molecular weight excluding hydrogens is 342 g/mol. The fourth-order valence-electron chi connectivity index (χ4n) is 2.90. The average Bonchev–Trinajstić information content (AvgIpc) is 3.47. The van der Waals surface area contributed by atoms with Crippen LogP contribution < -0.4 is 16.2 Å². The number of rotatable bonds is 5. The monoisotopic (exact) mass is 363 g/mol. The molecule has 1 saturated carbocycles. The Morgan fingerprint density at radius 3 is 2.19 bits per heavy atom. The summed E-state index contributed by atoms with van der Waals surface area (Å²) in [6.45, 7) is 1.32. The van der Waals surface area contributed by atoms with Gasteiger partial charge >= 0.3 is 0 Å². The Morgan fingerprint density at radius 1 is 0.926 bits per heavy atom. The van der Waals surface area contributed by atoms with Crippen molar-refractivity contribution in [2.75, 3.05) is 0 Å². The number of nitrogens with one attached hydrogen (secondary N) is 3. The molecule has 6 heteroatoms. The Balaban J connectivity index is 1.59. The first-order valence-electron chi connectivity index (χ1n) is 8.74. The lowest BCUT2D eigenvalue weighted by Crippen LogP contribution is -2.45. The quantitative estimate of drug-likeness (QED) is 0.562. The number of hydrogen-bond acceptors (Lipinski definition) is 3. The van der Waals surface area contributed by atoms with E-state index in [0.717, 1.165) is 17.5 Å². The lowest BCUT2D eigenvalue weighted by Gasteiger charge is -2.11. The molecule has 1 aliphatic rings. The van der Waals surface area contributed by atoms with Crippen LogP contribution in [-0.2, 0) is 14.4 Å². The zero-order valence-electron chi connectivity index (χ0n) is 14.9. The number of carbonyl (C=O) groups is 3. The summed E-state index contributed by atoms with van der Waals surface area (Å²) in [7, 11) is 0. The maximum Gasteiger partial charge on any atom is 0.286 e. The molecule has 1 aliphatic carbocycles. The topological polar surface area (TPSA) is 87.3 Å². The number of amides is 3. The molecule has 0 unspecified atom stereocenters. The molecule has 0 bridgehead atoms. The van der Waals surface area contributed by atoms with Gasteiger partial charge in [0.05, 0.1) is 0 Å². The largest absolute Gasteiger partial charge is 0.322 e. The third kappa shape index (κ3) is 5.04. The predicted molar refractivity (Wildman–Crippen MR) is 102 cm³/mol. The SMILES string of the molecule is CC(=O)N/C(=C\c1ccccc1)C(=O)NNC(=O)[C@H]1C[C@@H]1c1ccccc1. The molecule has 3 rings (SSSR count). The van der Waals surface area contributed by atoms with Crippen LogP contribution >= 0.6 is 0 Å². The zero-order chi connectivity index (χ0) is 19.2. The minimum Gasteiger partial charge on any atom is -0.322 e. The molecule has 1 fully saturated rings. The molecule has 2 aromatic carbocycles. The van der Waals surface area contributed by atoms with Crippen LogP contribution in [0.1, 0.15) is 30.4 Å². The van der Waals surface area contributed by atoms with E-state index in [0.29, 0.717) is 0 Å². The van der Waals surface area contributed by atoms with Crippen LogP contribution in [0.4, 0.5) is 0 Å². The van der Waals surface area contributed by atoms with Gasteiger partial charge in [-0.25, -0.2) is 0 Å². The fraction of sp³-hybridized carbons (Fsp3) is 0.190. The second kappa shape index (κ2) is 8.31. The van der Waals surface area contributed by atoms with Crippen LogP contribution in [0.25, 0.3) is 6.08 Å². The molecule has 0 radical (unpaired) electrons. The molecule has 0 aliphatic heterocycles. The van der Waals surface area contributed by atoms with Crippen molar-refractivity contribution in [2.24, 2.45) is 5.92 Å². The maximum atomic E-state index is 12.4. The Labute approximate surface area is 157 Å². The summed E-state index contributed by atoms with van der Waals surface area (Å²) in [6.07, 6.45) is 2.30. The highest BCUT2D eigenvalue weighted by atomic mass is 16.2. The first-order valence-corrected chi connectivity index (χ1v) is 8.74.